The van der Waals surface area contributed by atoms with E-state index in [0.717, 1.165) is 61.6 Å². The summed E-state index contributed by atoms with van der Waals surface area (Å²) in [6, 6.07) is 0. The third kappa shape index (κ3) is 4.62. The van der Waals surface area contributed by atoms with Crippen LogP contribution in [0.1, 0.15) is 38.1 Å². The molecule has 6 nitrogen and oxygen atoms in total. The summed E-state index contributed by atoms with van der Waals surface area (Å²) >= 11 is 3.48. The second kappa shape index (κ2) is 8.44. The first-order chi connectivity index (χ1) is 13.4. The Morgan fingerprint density at radius 1 is 1.25 bits per heavy atom. The predicted octanol–water partition coefficient (Wildman–Crippen LogP) is 3.79. The molecule has 0 unspecified atom stereocenters. The second-order valence-corrected chi connectivity index (χ2v) is 10.9. The number of rotatable bonds is 6. The molecule has 0 aliphatic carbocycles. The van der Waals surface area contributed by atoms with Crippen molar-refractivity contribution in [3.05, 3.63) is 10.4 Å². The molecule has 1 saturated heterocycles. The van der Waals surface area contributed by atoms with E-state index in [0.29, 0.717) is 11.9 Å². The highest BCUT2D eigenvalue weighted by molar-refractivity contribution is 7.99. The molecular weight excluding hydrogens is 392 g/mol. The molecule has 4 heterocycles. The van der Waals surface area contributed by atoms with Crippen LogP contribution in [0.5, 0.6) is 0 Å². The lowest BCUT2D eigenvalue weighted by Crippen LogP contribution is -2.39. The molecule has 154 valence electrons. The third-order valence-electron chi connectivity index (χ3n) is 5.08. The van der Waals surface area contributed by atoms with Crippen molar-refractivity contribution in [2.24, 2.45) is 0 Å². The van der Waals surface area contributed by atoms with Gasteiger partial charge in [-0.15, -0.1) is 11.3 Å². The molecule has 28 heavy (non-hydrogen) atoms. The van der Waals surface area contributed by atoms with Gasteiger partial charge in [-0.1, -0.05) is 25.6 Å². The Balaban J connectivity index is 1.62. The Morgan fingerprint density at radius 3 is 2.79 bits per heavy atom. The van der Waals surface area contributed by atoms with Crippen LogP contribution in [0.3, 0.4) is 0 Å². The molecule has 1 fully saturated rings. The Morgan fingerprint density at radius 2 is 2.04 bits per heavy atom. The van der Waals surface area contributed by atoms with Gasteiger partial charge in [0, 0.05) is 42.7 Å². The molecule has 2 aliphatic rings. The van der Waals surface area contributed by atoms with Gasteiger partial charge < -0.3 is 14.8 Å². The summed E-state index contributed by atoms with van der Waals surface area (Å²) in [5.41, 5.74) is 1.23. The van der Waals surface area contributed by atoms with Crippen LogP contribution in [0.2, 0.25) is 0 Å². The molecule has 0 amide bonds. The van der Waals surface area contributed by atoms with Crippen molar-refractivity contribution in [1.29, 1.82) is 0 Å². The zero-order valence-corrected chi connectivity index (χ0v) is 18.8. The fourth-order valence-corrected chi connectivity index (χ4v) is 5.54. The van der Waals surface area contributed by atoms with E-state index in [1.54, 1.807) is 23.1 Å². The molecule has 0 saturated carbocycles. The van der Waals surface area contributed by atoms with Crippen molar-refractivity contribution in [2.45, 2.75) is 56.7 Å². The molecule has 0 atom stereocenters. The SMILES string of the molecule is CC(C)Sc1nc(NCCN2CCOCC2)c2c3c(sc2n1)COC(C)(C)C3. The van der Waals surface area contributed by atoms with Crippen molar-refractivity contribution in [2.75, 3.05) is 44.7 Å². The lowest BCUT2D eigenvalue weighted by Gasteiger charge is -2.30. The summed E-state index contributed by atoms with van der Waals surface area (Å²) in [6.07, 6.45) is 0.903. The first-order valence-electron chi connectivity index (χ1n) is 10.1. The quantitative estimate of drug-likeness (QED) is 0.561. The van der Waals surface area contributed by atoms with Gasteiger partial charge >= 0.3 is 0 Å². The summed E-state index contributed by atoms with van der Waals surface area (Å²) in [5, 5.41) is 6.14. The Hall–Kier alpha value is -0.930. The van der Waals surface area contributed by atoms with E-state index in [1.807, 2.05) is 0 Å². The number of thioether (sulfide) groups is 1. The van der Waals surface area contributed by atoms with Gasteiger partial charge in [-0.3, -0.25) is 4.90 Å². The molecule has 2 aromatic rings. The molecule has 2 aromatic heterocycles. The smallest absolute Gasteiger partial charge is 0.191 e. The molecule has 0 bridgehead atoms. The molecule has 2 aliphatic heterocycles. The van der Waals surface area contributed by atoms with Crippen molar-refractivity contribution >= 4 is 39.1 Å². The number of aromatic nitrogens is 2. The Bertz CT molecular complexity index is 831. The first-order valence-corrected chi connectivity index (χ1v) is 11.8. The number of hydrogen-bond acceptors (Lipinski definition) is 8. The van der Waals surface area contributed by atoms with Crippen molar-refractivity contribution in [3.63, 3.8) is 0 Å². The number of fused-ring (bicyclic) bond motifs is 3. The van der Waals surface area contributed by atoms with Crippen molar-refractivity contribution in [1.82, 2.24) is 14.9 Å². The van der Waals surface area contributed by atoms with Crippen LogP contribution < -0.4 is 5.32 Å². The van der Waals surface area contributed by atoms with E-state index < -0.39 is 0 Å². The Labute approximate surface area is 175 Å². The summed E-state index contributed by atoms with van der Waals surface area (Å²) in [6.45, 7) is 14.9. The molecule has 4 rings (SSSR count). The van der Waals surface area contributed by atoms with Gasteiger partial charge in [0.2, 0.25) is 0 Å². The largest absolute Gasteiger partial charge is 0.379 e. The maximum Gasteiger partial charge on any atom is 0.191 e. The van der Waals surface area contributed by atoms with Gasteiger partial charge in [-0.2, -0.15) is 0 Å². The average molecular weight is 423 g/mol. The van der Waals surface area contributed by atoms with Gasteiger partial charge in [0.05, 0.1) is 30.8 Å². The highest BCUT2D eigenvalue weighted by atomic mass is 32.2. The molecule has 0 spiro atoms. The monoisotopic (exact) mass is 422 g/mol. The number of morpholine rings is 1. The average Bonchev–Trinajstić information content (AvgIpc) is 2.98. The lowest BCUT2D eigenvalue weighted by molar-refractivity contribution is -0.0379. The number of nitrogens with one attached hydrogen (secondary N) is 1. The topological polar surface area (TPSA) is 59.5 Å². The standard InChI is InChI=1S/C20H30N4O2S2/c1-13(2)27-19-22-17(21-5-6-24-7-9-25-10-8-24)16-14-11-20(3,4)26-12-15(14)28-18(16)23-19/h13H,5-12H2,1-4H3,(H,21,22,23). The number of anilines is 1. The molecule has 0 aromatic carbocycles. The number of nitrogens with zero attached hydrogens (tertiary/aromatic N) is 3. The van der Waals surface area contributed by atoms with E-state index in [-0.39, 0.29) is 5.60 Å². The Kier molecular flexibility index (Phi) is 6.13. The van der Waals surface area contributed by atoms with Crippen LogP contribution >= 0.6 is 23.1 Å². The molecule has 1 N–H and O–H groups in total. The number of thiophene rings is 1. The van der Waals surface area contributed by atoms with Crippen molar-refractivity contribution in [3.8, 4) is 0 Å². The highest BCUT2D eigenvalue weighted by Gasteiger charge is 2.31. The number of ether oxygens (including phenoxy) is 2. The van der Waals surface area contributed by atoms with Crippen molar-refractivity contribution < 1.29 is 9.47 Å². The number of hydrogen-bond donors (Lipinski definition) is 1. The van der Waals surface area contributed by atoms with E-state index in [4.69, 9.17) is 19.4 Å². The summed E-state index contributed by atoms with van der Waals surface area (Å²) in [4.78, 5) is 14.6. The van der Waals surface area contributed by atoms with Crippen LogP contribution in [0.4, 0.5) is 5.82 Å². The zero-order chi connectivity index (χ0) is 19.7. The molecule has 8 heteroatoms. The van der Waals surface area contributed by atoms with Crippen LogP contribution in [-0.4, -0.2) is 65.1 Å². The fraction of sp³-hybridized carbons (Fsp3) is 0.700. The first kappa shape index (κ1) is 20.3. The highest BCUT2D eigenvalue weighted by Crippen LogP contribution is 2.41. The predicted molar refractivity (Wildman–Crippen MR) is 117 cm³/mol. The summed E-state index contributed by atoms with van der Waals surface area (Å²) in [5.74, 6) is 0.983. The third-order valence-corrected chi connectivity index (χ3v) is 7.04. The van der Waals surface area contributed by atoms with E-state index >= 15 is 0 Å². The van der Waals surface area contributed by atoms with Crippen LogP contribution in [0.25, 0.3) is 10.2 Å². The van der Waals surface area contributed by atoms with E-state index in [1.165, 1.54) is 15.8 Å². The lowest BCUT2D eigenvalue weighted by atomic mass is 9.94. The minimum Gasteiger partial charge on any atom is -0.379 e. The maximum atomic E-state index is 6.03. The van der Waals surface area contributed by atoms with Gasteiger partial charge in [-0.05, 0) is 19.4 Å². The minimum absolute atomic E-state index is 0.141. The second-order valence-electron chi connectivity index (χ2n) is 8.31. The summed E-state index contributed by atoms with van der Waals surface area (Å²) in [7, 11) is 0. The van der Waals surface area contributed by atoms with Crippen LogP contribution in [-0.2, 0) is 22.5 Å². The molecule has 0 radical (unpaired) electrons. The van der Waals surface area contributed by atoms with E-state index in [2.05, 4.69) is 37.9 Å². The van der Waals surface area contributed by atoms with Crippen LogP contribution in [0.15, 0.2) is 5.16 Å². The normalized spacial score (nSPS) is 19.9. The van der Waals surface area contributed by atoms with Gasteiger partial charge in [0.15, 0.2) is 5.16 Å². The van der Waals surface area contributed by atoms with Crippen LogP contribution in [0, 0.1) is 0 Å². The minimum atomic E-state index is -0.141. The fourth-order valence-electron chi connectivity index (χ4n) is 3.67. The maximum absolute atomic E-state index is 6.03. The zero-order valence-electron chi connectivity index (χ0n) is 17.2. The van der Waals surface area contributed by atoms with Gasteiger partial charge in [-0.25, -0.2) is 9.97 Å². The summed E-state index contributed by atoms with van der Waals surface area (Å²) < 4.78 is 11.5. The molecular formula is C20H30N4O2S2. The van der Waals surface area contributed by atoms with Gasteiger partial charge in [0.25, 0.3) is 0 Å². The van der Waals surface area contributed by atoms with Gasteiger partial charge in [0.1, 0.15) is 10.6 Å². The van der Waals surface area contributed by atoms with E-state index in [9.17, 15) is 0 Å².